The van der Waals surface area contributed by atoms with E-state index in [1.165, 1.54) is 64.2 Å². The van der Waals surface area contributed by atoms with Gasteiger partial charge in [-0.15, -0.1) is 0 Å². The molecule has 0 aromatic heterocycles. The molecule has 6 nitrogen and oxygen atoms in total. The highest BCUT2D eigenvalue weighted by molar-refractivity contribution is 4.97. The largest absolute Gasteiger partial charge is 0.366 e. The van der Waals surface area contributed by atoms with Crippen LogP contribution in [0.1, 0.15) is 90.9 Å². The van der Waals surface area contributed by atoms with Gasteiger partial charge >= 0.3 is 0 Å². The van der Waals surface area contributed by atoms with Gasteiger partial charge in [0.1, 0.15) is 24.4 Å². The highest BCUT2D eigenvalue weighted by Gasteiger charge is 2.56. The molecule has 2 aliphatic carbocycles. The third kappa shape index (κ3) is 5.36. The van der Waals surface area contributed by atoms with Crippen LogP contribution in [0.5, 0.6) is 0 Å². The van der Waals surface area contributed by atoms with E-state index in [-0.39, 0.29) is 30.9 Å². The Hall–Kier alpha value is -0.240. The fourth-order valence-electron chi connectivity index (χ4n) is 6.78. The Morgan fingerprint density at radius 3 is 2.00 bits per heavy atom. The summed E-state index contributed by atoms with van der Waals surface area (Å²) in [7, 11) is 0. The smallest absolute Gasteiger partial charge is 0.184 e. The van der Waals surface area contributed by atoms with Crippen molar-refractivity contribution in [2.75, 3.05) is 6.61 Å². The molecule has 7 atom stereocenters. The minimum absolute atomic E-state index is 0.235. The monoisotopic (exact) mass is 452 g/mol. The summed E-state index contributed by atoms with van der Waals surface area (Å²) in [5.74, 6) is 3.23. The fourth-order valence-corrected chi connectivity index (χ4v) is 6.78. The summed E-state index contributed by atoms with van der Waals surface area (Å²) in [6, 6.07) is 0. The van der Waals surface area contributed by atoms with Crippen LogP contribution in [0, 0.1) is 23.7 Å². The van der Waals surface area contributed by atoms with Gasteiger partial charge in [0, 0.05) is 5.92 Å². The second-order valence-electron chi connectivity index (χ2n) is 11.3. The third-order valence-electron chi connectivity index (χ3n) is 8.92. The number of aliphatic hydroxyl groups is 1. The Labute approximate surface area is 193 Å². The molecule has 7 unspecified atom stereocenters. The molecule has 3 heterocycles. The molecule has 0 bridgehead atoms. The van der Waals surface area contributed by atoms with Gasteiger partial charge in [0.2, 0.25) is 0 Å². The van der Waals surface area contributed by atoms with Crippen LogP contribution >= 0.6 is 0 Å². The number of hydrogen-bond donors (Lipinski definition) is 1. The topological polar surface area (TPSA) is 66.4 Å². The average Bonchev–Trinajstić information content (AvgIpc) is 3.26. The van der Waals surface area contributed by atoms with Crippen LogP contribution in [0.3, 0.4) is 0 Å². The van der Waals surface area contributed by atoms with Gasteiger partial charge in [-0.1, -0.05) is 58.3 Å². The first-order valence-corrected chi connectivity index (χ1v) is 13.5. The van der Waals surface area contributed by atoms with Crippen LogP contribution in [0.25, 0.3) is 0 Å². The zero-order valence-corrected chi connectivity index (χ0v) is 20.0. The molecule has 1 N–H and O–H groups in total. The van der Waals surface area contributed by atoms with Crippen LogP contribution in [0.15, 0.2) is 0 Å². The summed E-state index contributed by atoms with van der Waals surface area (Å²) in [5.41, 5.74) is 0. The lowest BCUT2D eigenvalue weighted by Gasteiger charge is -2.44. The van der Waals surface area contributed by atoms with E-state index in [9.17, 15) is 5.11 Å². The zero-order valence-electron chi connectivity index (χ0n) is 20.0. The van der Waals surface area contributed by atoms with E-state index in [2.05, 4.69) is 6.92 Å². The van der Waals surface area contributed by atoms with Crippen molar-refractivity contribution in [3.63, 3.8) is 0 Å². The molecule has 5 fully saturated rings. The first kappa shape index (κ1) is 23.5. The maximum Gasteiger partial charge on any atom is 0.184 e. The first-order valence-electron chi connectivity index (χ1n) is 13.5. The quantitative estimate of drug-likeness (QED) is 0.586. The minimum atomic E-state index is -0.976. The lowest BCUT2D eigenvalue weighted by molar-refractivity contribution is -0.333. The minimum Gasteiger partial charge on any atom is -0.366 e. The van der Waals surface area contributed by atoms with Gasteiger partial charge in [-0.2, -0.15) is 0 Å². The molecular formula is C26H44O6. The molecule has 184 valence electrons. The van der Waals surface area contributed by atoms with Crippen molar-refractivity contribution in [3.05, 3.63) is 0 Å². The van der Waals surface area contributed by atoms with Crippen LogP contribution in [0.4, 0.5) is 0 Å². The number of ether oxygens (including phenoxy) is 5. The molecule has 32 heavy (non-hydrogen) atoms. The van der Waals surface area contributed by atoms with E-state index in [0.717, 1.165) is 30.6 Å². The second kappa shape index (κ2) is 10.6. The Morgan fingerprint density at radius 1 is 0.688 bits per heavy atom. The van der Waals surface area contributed by atoms with Gasteiger partial charge in [0.05, 0.1) is 6.61 Å². The molecule has 5 rings (SSSR count). The van der Waals surface area contributed by atoms with E-state index in [0.29, 0.717) is 12.5 Å². The van der Waals surface area contributed by atoms with Crippen LogP contribution < -0.4 is 0 Å². The van der Waals surface area contributed by atoms with Crippen LogP contribution in [-0.4, -0.2) is 55.0 Å². The van der Waals surface area contributed by atoms with Gasteiger partial charge in [0.25, 0.3) is 0 Å². The predicted molar refractivity (Wildman–Crippen MR) is 120 cm³/mol. The fraction of sp³-hybridized carbons (Fsp3) is 1.00. The number of rotatable bonds is 6. The van der Waals surface area contributed by atoms with Crippen molar-refractivity contribution in [3.8, 4) is 0 Å². The summed E-state index contributed by atoms with van der Waals surface area (Å²) in [5, 5.41) is 10.4. The van der Waals surface area contributed by atoms with Crippen LogP contribution in [0.2, 0.25) is 0 Å². The number of unbranched alkanes of at least 4 members (excludes halogenated alkanes) is 1. The summed E-state index contributed by atoms with van der Waals surface area (Å²) in [6.45, 7) is 4.72. The lowest BCUT2D eigenvalue weighted by atomic mass is 9.78. The van der Waals surface area contributed by atoms with Crippen molar-refractivity contribution in [2.45, 2.75) is 134 Å². The van der Waals surface area contributed by atoms with Gasteiger partial charge < -0.3 is 28.8 Å². The Bertz CT molecular complexity index is 585. The van der Waals surface area contributed by atoms with Crippen molar-refractivity contribution >= 4 is 0 Å². The van der Waals surface area contributed by atoms with E-state index in [4.69, 9.17) is 23.7 Å². The molecule has 0 aromatic carbocycles. The predicted octanol–water partition coefficient (Wildman–Crippen LogP) is 4.77. The summed E-state index contributed by atoms with van der Waals surface area (Å²) in [6.07, 6.45) is 13.6. The van der Waals surface area contributed by atoms with E-state index in [1.807, 2.05) is 6.92 Å². The van der Waals surface area contributed by atoms with Crippen molar-refractivity contribution in [1.29, 1.82) is 0 Å². The molecule has 0 spiro atoms. The van der Waals surface area contributed by atoms with Crippen molar-refractivity contribution < 1.29 is 28.8 Å². The van der Waals surface area contributed by atoms with E-state index < -0.39 is 12.4 Å². The Morgan fingerprint density at radius 2 is 1.31 bits per heavy atom. The molecule has 2 saturated carbocycles. The number of hydrogen-bond acceptors (Lipinski definition) is 6. The maximum atomic E-state index is 10.4. The van der Waals surface area contributed by atoms with E-state index in [1.54, 1.807) is 0 Å². The van der Waals surface area contributed by atoms with Gasteiger partial charge in [-0.25, -0.2) is 0 Å². The normalized spacial score (nSPS) is 49.4. The molecular weight excluding hydrogens is 408 g/mol. The first-order chi connectivity index (χ1) is 15.6. The molecule has 0 aromatic rings. The molecule has 0 radical (unpaired) electrons. The second-order valence-corrected chi connectivity index (χ2v) is 11.3. The standard InChI is InChI=1S/C26H44O6/c1-16-7-9-18(10-8-16)5-3-4-6-19-11-13-20(14-12-19)26-31-23-22-21(15-28-17(2)29-22)30-25(27)24(23)32-26/h16-27H,3-15H2,1-2H3. The Kier molecular flexibility index (Phi) is 7.76. The number of fused-ring (bicyclic) bond motifs is 3. The van der Waals surface area contributed by atoms with E-state index >= 15 is 0 Å². The summed E-state index contributed by atoms with van der Waals surface area (Å²) >= 11 is 0. The lowest BCUT2D eigenvalue weighted by Crippen LogP contribution is -2.61. The summed E-state index contributed by atoms with van der Waals surface area (Å²) < 4.78 is 29.7. The Balaban J connectivity index is 1.03. The molecule has 3 saturated heterocycles. The summed E-state index contributed by atoms with van der Waals surface area (Å²) in [4.78, 5) is 0. The maximum absolute atomic E-state index is 10.4. The highest BCUT2D eigenvalue weighted by atomic mass is 16.8. The van der Waals surface area contributed by atoms with Gasteiger partial charge in [-0.05, 0) is 50.4 Å². The van der Waals surface area contributed by atoms with Crippen LogP contribution in [-0.2, 0) is 23.7 Å². The SMILES string of the molecule is CC1CCC(CCCCC2CCC(C3OC4C(O)OC5COC(C)OC5C4O3)CC2)CC1. The van der Waals surface area contributed by atoms with Gasteiger partial charge in [0.15, 0.2) is 18.9 Å². The highest BCUT2D eigenvalue weighted by Crippen LogP contribution is 2.42. The van der Waals surface area contributed by atoms with Crippen molar-refractivity contribution in [1.82, 2.24) is 0 Å². The molecule has 3 aliphatic heterocycles. The molecule has 5 aliphatic rings. The number of aliphatic hydroxyl groups excluding tert-OH is 1. The average molecular weight is 453 g/mol. The molecule has 0 amide bonds. The van der Waals surface area contributed by atoms with Crippen molar-refractivity contribution in [2.24, 2.45) is 23.7 Å². The zero-order chi connectivity index (χ0) is 22.1. The van der Waals surface area contributed by atoms with Gasteiger partial charge in [-0.3, -0.25) is 0 Å². The molecule has 6 heteroatoms. The third-order valence-corrected chi connectivity index (χ3v) is 8.92.